The second kappa shape index (κ2) is 7.17. The van der Waals surface area contributed by atoms with Gasteiger partial charge in [-0.05, 0) is 5.56 Å². The Morgan fingerprint density at radius 2 is 1.41 bits per heavy atom. The third-order valence-electron chi connectivity index (χ3n) is 3.16. The first-order chi connectivity index (χ1) is 10.7. The van der Waals surface area contributed by atoms with Crippen molar-refractivity contribution in [2.75, 3.05) is 0 Å². The lowest BCUT2D eigenvalue weighted by Crippen LogP contribution is -2.24. The predicted molar refractivity (Wildman–Crippen MR) is 84.4 cm³/mol. The fraction of sp³-hybridized carbons (Fsp3) is 0.125. The predicted octanol–water partition coefficient (Wildman–Crippen LogP) is 4.04. The molecule has 0 saturated carbocycles. The zero-order valence-corrected chi connectivity index (χ0v) is 12.8. The van der Waals surface area contributed by atoms with Crippen LogP contribution in [0.4, 0.5) is 0 Å². The smallest absolute Gasteiger partial charge is 0.211 e. The van der Waals surface area contributed by atoms with E-state index in [0.717, 1.165) is 0 Å². The Labute approximate surface area is 137 Å². The van der Waals surface area contributed by atoms with Gasteiger partial charge in [-0.3, -0.25) is 0 Å². The topological polar surface area (TPSA) is 58.9 Å². The van der Waals surface area contributed by atoms with Crippen LogP contribution in [0.25, 0.3) is 0 Å². The molecule has 110 valence electrons. The van der Waals surface area contributed by atoms with E-state index in [0.29, 0.717) is 16.7 Å². The molecule has 2 aromatic carbocycles. The van der Waals surface area contributed by atoms with E-state index in [1.54, 1.807) is 54.6 Å². The molecule has 0 aliphatic rings. The van der Waals surface area contributed by atoms with Crippen LogP contribution in [0.5, 0.6) is 0 Å². The van der Waals surface area contributed by atoms with Crippen LogP contribution in [-0.2, 0) is 15.3 Å². The van der Waals surface area contributed by atoms with Crippen molar-refractivity contribution in [3.05, 3.63) is 71.3 Å². The first kappa shape index (κ1) is 16.2. The molecular weight excluding hydrogens is 323 g/mol. The van der Waals surface area contributed by atoms with Crippen molar-refractivity contribution in [2.45, 2.75) is 10.5 Å². The second-order valence-corrected chi connectivity index (χ2v) is 5.43. The number of alkyl halides is 2. The number of isocyanates is 2. The molecule has 0 aromatic heterocycles. The fourth-order valence-electron chi connectivity index (χ4n) is 2.24. The number of hydrogen-bond acceptors (Lipinski definition) is 4. The molecule has 6 heteroatoms. The molecule has 22 heavy (non-hydrogen) atoms. The van der Waals surface area contributed by atoms with Gasteiger partial charge in [0.2, 0.25) is 17.8 Å². The Morgan fingerprint density at radius 1 is 0.864 bits per heavy atom. The molecule has 0 N–H and O–H groups in total. The molecule has 0 bridgehead atoms. The van der Waals surface area contributed by atoms with E-state index in [2.05, 4.69) is 9.98 Å². The molecule has 0 fully saturated rings. The van der Waals surface area contributed by atoms with Crippen molar-refractivity contribution in [2.24, 2.45) is 9.98 Å². The van der Waals surface area contributed by atoms with Gasteiger partial charge in [0.15, 0.2) is 0 Å². The number of nitrogens with zero attached hydrogens (tertiary/aromatic N) is 2. The molecule has 2 aromatic rings. The van der Waals surface area contributed by atoms with Crippen molar-refractivity contribution < 1.29 is 9.59 Å². The van der Waals surface area contributed by atoms with E-state index in [1.165, 1.54) is 12.2 Å². The largest absolute Gasteiger partial charge is 0.238 e. The zero-order valence-electron chi connectivity index (χ0n) is 11.2. The monoisotopic (exact) mass is 332 g/mol. The van der Waals surface area contributed by atoms with Crippen LogP contribution < -0.4 is 0 Å². The van der Waals surface area contributed by atoms with E-state index in [1.807, 2.05) is 0 Å². The van der Waals surface area contributed by atoms with Gasteiger partial charge >= 0.3 is 0 Å². The van der Waals surface area contributed by atoms with Gasteiger partial charge in [0.25, 0.3) is 0 Å². The van der Waals surface area contributed by atoms with Gasteiger partial charge in [-0.1, -0.05) is 54.6 Å². The van der Waals surface area contributed by atoms with Gasteiger partial charge in [0, 0.05) is 11.1 Å². The number of rotatable bonds is 5. The zero-order chi connectivity index (χ0) is 16.0. The summed E-state index contributed by atoms with van der Waals surface area (Å²) in [5.41, 5.74) is -0.192. The van der Waals surface area contributed by atoms with Crippen LogP contribution >= 0.6 is 23.2 Å². The van der Waals surface area contributed by atoms with Crippen LogP contribution in [0.1, 0.15) is 21.5 Å². The van der Waals surface area contributed by atoms with Crippen LogP contribution in [0.2, 0.25) is 0 Å². The molecule has 0 amide bonds. The lowest BCUT2D eigenvalue weighted by molar-refractivity contribution is 0.514. The van der Waals surface area contributed by atoms with E-state index in [9.17, 15) is 9.59 Å². The average Bonchev–Trinajstić information content (AvgIpc) is 2.55. The average molecular weight is 333 g/mol. The van der Waals surface area contributed by atoms with Gasteiger partial charge in [-0.25, -0.2) is 9.59 Å². The maximum Gasteiger partial charge on any atom is 0.238 e. The highest BCUT2D eigenvalue weighted by atomic mass is 35.5. The van der Waals surface area contributed by atoms with E-state index < -0.39 is 10.5 Å². The molecule has 0 aliphatic carbocycles. The van der Waals surface area contributed by atoms with E-state index in [-0.39, 0.29) is 0 Å². The molecule has 0 aliphatic heterocycles. The first-order valence-electron chi connectivity index (χ1n) is 6.27. The van der Waals surface area contributed by atoms with Gasteiger partial charge < -0.3 is 0 Å². The number of carbonyl (C=O) groups excluding carboxylic acids is 2. The van der Waals surface area contributed by atoms with Gasteiger partial charge in [-0.15, -0.1) is 23.2 Å². The highest BCUT2D eigenvalue weighted by molar-refractivity contribution is 6.44. The van der Waals surface area contributed by atoms with Crippen LogP contribution in [-0.4, -0.2) is 12.2 Å². The van der Waals surface area contributed by atoms with Gasteiger partial charge in [0.1, 0.15) is 4.84 Å². The summed E-state index contributed by atoms with van der Waals surface area (Å²) < 4.78 is 0. The summed E-state index contributed by atoms with van der Waals surface area (Å²) in [4.78, 5) is 28.6. The third kappa shape index (κ3) is 3.01. The number of aliphatic imine (C=N–C) groups is 2. The molecule has 0 spiro atoms. The molecular formula is C16H10Cl2N2O2. The maximum absolute atomic E-state index is 11.0. The minimum Gasteiger partial charge on any atom is -0.211 e. The Morgan fingerprint density at radius 3 is 1.95 bits per heavy atom. The Balaban J connectivity index is 2.86. The van der Waals surface area contributed by atoms with Crippen molar-refractivity contribution in [3.63, 3.8) is 0 Å². The molecule has 0 atom stereocenters. The summed E-state index contributed by atoms with van der Waals surface area (Å²) in [5.74, 6) is 0. The second-order valence-electron chi connectivity index (χ2n) is 4.33. The Kier molecular flexibility index (Phi) is 5.26. The number of benzene rings is 2. The molecule has 2 rings (SSSR count). The highest BCUT2D eigenvalue weighted by Gasteiger charge is 2.37. The summed E-state index contributed by atoms with van der Waals surface area (Å²) >= 11 is 12.0. The number of halogens is 2. The molecule has 4 nitrogen and oxygen atoms in total. The third-order valence-corrected chi connectivity index (χ3v) is 3.63. The SMILES string of the molecule is O=C=NC(N=C=O)(c1ccccc1)c1ccccc1C(Cl)Cl. The maximum atomic E-state index is 11.0. The fourth-order valence-corrected chi connectivity index (χ4v) is 2.62. The van der Waals surface area contributed by atoms with Gasteiger partial charge in [0.05, 0.1) is 0 Å². The van der Waals surface area contributed by atoms with Crippen LogP contribution in [0.15, 0.2) is 64.6 Å². The van der Waals surface area contributed by atoms with Gasteiger partial charge in [-0.2, -0.15) is 9.98 Å². The van der Waals surface area contributed by atoms with Crippen molar-refractivity contribution >= 4 is 35.4 Å². The lowest BCUT2D eigenvalue weighted by atomic mass is 9.89. The summed E-state index contributed by atoms with van der Waals surface area (Å²) in [6, 6.07) is 15.4. The lowest BCUT2D eigenvalue weighted by Gasteiger charge is -2.26. The minimum atomic E-state index is -1.61. The van der Waals surface area contributed by atoms with E-state index in [4.69, 9.17) is 23.2 Å². The Bertz CT molecular complexity index is 732. The summed E-state index contributed by atoms with van der Waals surface area (Å²) in [7, 11) is 0. The molecule has 0 radical (unpaired) electrons. The van der Waals surface area contributed by atoms with Crippen molar-refractivity contribution in [1.82, 2.24) is 0 Å². The quantitative estimate of drug-likeness (QED) is 0.471. The first-order valence-corrected chi connectivity index (χ1v) is 7.14. The van der Waals surface area contributed by atoms with Crippen LogP contribution in [0.3, 0.4) is 0 Å². The number of hydrogen-bond donors (Lipinski definition) is 0. The molecule has 0 unspecified atom stereocenters. The normalized spacial score (nSPS) is 12.9. The standard InChI is InChI=1S/C16H10Cl2N2O2/c17-15(18)13-8-4-5-9-14(13)16(19-10-21,20-11-22)12-6-2-1-3-7-12/h1-9,15H. The highest BCUT2D eigenvalue weighted by Crippen LogP contribution is 2.40. The molecule has 0 saturated heterocycles. The summed E-state index contributed by atoms with van der Waals surface area (Å²) in [6.45, 7) is 0. The van der Waals surface area contributed by atoms with Crippen molar-refractivity contribution in [1.29, 1.82) is 0 Å². The molecule has 0 heterocycles. The van der Waals surface area contributed by atoms with Crippen LogP contribution in [0, 0.1) is 0 Å². The minimum absolute atomic E-state index is 0.419. The van der Waals surface area contributed by atoms with Crippen molar-refractivity contribution in [3.8, 4) is 0 Å². The van der Waals surface area contributed by atoms with E-state index >= 15 is 0 Å². The Hall–Kier alpha value is -2.22. The summed E-state index contributed by atoms with van der Waals surface area (Å²) in [5, 5.41) is 0. The summed E-state index contributed by atoms with van der Waals surface area (Å²) in [6.07, 6.45) is 2.95.